The molecule has 0 aliphatic rings. The van der Waals surface area contributed by atoms with Crippen molar-refractivity contribution < 1.29 is 19.4 Å². The van der Waals surface area contributed by atoms with Crippen LogP contribution >= 0.6 is 0 Å². The molecular weight excluding hydrogens is 396 g/mol. The van der Waals surface area contributed by atoms with E-state index in [1.54, 1.807) is 36.4 Å². The number of anilines is 1. The number of aromatic hydroxyl groups is 1. The maximum atomic E-state index is 13.1. The number of benzene rings is 2. The van der Waals surface area contributed by atoms with E-state index in [4.69, 9.17) is 4.74 Å². The van der Waals surface area contributed by atoms with E-state index in [1.165, 1.54) is 16.7 Å². The molecule has 162 valence electrons. The van der Waals surface area contributed by atoms with Crippen molar-refractivity contribution >= 4 is 28.5 Å². The summed E-state index contributed by atoms with van der Waals surface area (Å²) in [6.07, 6.45) is 2.38. The number of rotatable bonds is 8. The minimum Gasteiger partial charge on any atom is -0.506 e. The van der Waals surface area contributed by atoms with Gasteiger partial charge in [-0.15, -0.1) is 0 Å². The largest absolute Gasteiger partial charge is 0.506 e. The zero-order valence-corrected chi connectivity index (χ0v) is 17.7. The van der Waals surface area contributed by atoms with Gasteiger partial charge in [0.15, 0.2) is 0 Å². The van der Waals surface area contributed by atoms with Gasteiger partial charge >= 0.3 is 5.97 Å². The van der Waals surface area contributed by atoms with Gasteiger partial charge in [0.25, 0.3) is 11.5 Å². The van der Waals surface area contributed by atoms with E-state index in [2.05, 4.69) is 5.32 Å². The van der Waals surface area contributed by atoms with Crippen molar-refractivity contribution in [1.82, 2.24) is 4.57 Å². The molecule has 31 heavy (non-hydrogen) atoms. The number of ether oxygens (including phenoxy) is 1. The summed E-state index contributed by atoms with van der Waals surface area (Å²) in [5, 5.41) is 13.8. The van der Waals surface area contributed by atoms with Crippen molar-refractivity contribution in [2.45, 2.75) is 39.7 Å². The molecule has 0 fully saturated rings. The third kappa shape index (κ3) is 4.77. The average Bonchev–Trinajstić information content (AvgIpc) is 2.78. The third-order valence-corrected chi connectivity index (χ3v) is 4.92. The highest BCUT2D eigenvalue weighted by Crippen LogP contribution is 2.27. The van der Waals surface area contributed by atoms with Gasteiger partial charge in [0.2, 0.25) is 0 Å². The second-order valence-electron chi connectivity index (χ2n) is 7.22. The van der Waals surface area contributed by atoms with Gasteiger partial charge in [0.1, 0.15) is 11.3 Å². The number of unbranched alkanes of at least 4 members (excludes halogenated alkanes) is 1. The van der Waals surface area contributed by atoms with Gasteiger partial charge in [-0.3, -0.25) is 9.59 Å². The SMILES string of the molecule is CCCCn1c(=O)c(C(=O)Nc2ccc(C(=O)OCCC)cc2)c(O)c2ccccc21. The van der Waals surface area contributed by atoms with E-state index in [-0.39, 0.29) is 11.3 Å². The first-order valence-electron chi connectivity index (χ1n) is 10.4. The number of carbonyl (C=O) groups is 2. The van der Waals surface area contributed by atoms with E-state index < -0.39 is 17.4 Å². The minimum absolute atomic E-state index is 0.304. The number of carbonyl (C=O) groups excluding carboxylic acids is 2. The van der Waals surface area contributed by atoms with Crippen LogP contribution in [0.1, 0.15) is 53.8 Å². The molecule has 0 aliphatic heterocycles. The number of hydrogen-bond acceptors (Lipinski definition) is 5. The minimum atomic E-state index is -0.709. The lowest BCUT2D eigenvalue weighted by atomic mass is 10.1. The molecule has 1 amide bonds. The van der Waals surface area contributed by atoms with Crippen LogP contribution in [0.2, 0.25) is 0 Å². The molecule has 3 rings (SSSR count). The first kappa shape index (κ1) is 22.1. The summed E-state index contributed by atoms with van der Waals surface area (Å²) >= 11 is 0. The predicted molar refractivity (Wildman–Crippen MR) is 120 cm³/mol. The van der Waals surface area contributed by atoms with Crippen molar-refractivity contribution in [2.75, 3.05) is 11.9 Å². The number of nitrogens with zero attached hydrogens (tertiary/aromatic N) is 1. The molecule has 7 nitrogen and oxygen atoms in total. The molecule has 0 saturated carbocycles. The Labute approximate surface area is 180 Å². The Balaban J connectivity index is 1.92. The lowest BCUT2D eigenvalue weighted by Crippen LogP contribution is -2.30. The van der Waals surface area contributed by atoms with Crippen molar-refractivity contribution in [1.29, 1.82) is 0 Å². The standard InChI is InChI=1S/C24H26N2O5/c1-3-5-14-26-19-9-7-6-8-18(19)21(27)20(23(26)29)22(28)25-17-12-10-16(11-13-17)24(30)31-15-4-2/h6-13,27H,3-5,14-15H2,1-2H3,(H,25,28). The summed E-state index contributed by atoms with van der Waals surface area (Å²) in [7, 11) is 0. The summed E-state index contributed by atoms with van der Waals surface area (Å²) in [4.78, 5) is 37.9. The number of aryl methyl sites for hydroxylation is 1. The van der Waals surface area contributed by atoms with E-state index in [0.29, 0.717) is 35.3 Å². The Kier molecular flexibility index (Phi) is 7.07. The topological polar surface area (TPSA) is 97.6 Å². The molecule has 0 atom stereocenters. The van der Waals surface area contributed by atoms with Crippen molar-refractivity contribution in [3.05, 3.63) is 70.0 Å². The van der Waals surface area contributed by atoms with Crippen LogP contribution in [0, 0.1) is 0 Å². The highest BCUT2D eigenvalue weighted by molar-refractivity contribution is 6.09. The molecule has 0 unspecified atom stereocenters. The summed E-state index contributed by atoms with van der Waals surface area (Å²) in [6.45, 7) is 4.71. The summed E-state index contributed by atoms with van der Waals surface area (Å²) in [6, 6.07) is 13.1. The van der Waals surface area contributed by atoms with Crippen molar-refractivity contribution in [3.63, 3.8) is 0 Å². The van der Waals surface area contributed by atoms with E-state index in [9.17, 15) is 19.5 Å². The normalized spacial score (nSPS) is 10.8. The smallest absolute Gasteiger partial charge is 0.338 e. The number of aromatic nitrogens is 1. The number of fused-ring (bicyclic) bond motifs is 1. The molecule has 0 bridgehead atoms. The zero-order chi connectivity index (χ0) is 22.4. The van der Waals surface area contributed by atoms with Gasteiger partial charge in [-0.05, 0) is 49.2 Å². The molecule has 0 spiro atoms. The lowest BCUT2D eigenvalue weighted by molar-refractivity contribution is 0.0505. The van der Waals surface area contributed by atoms with Gasteiger partial charge in [-0.1, -0.05) is 32.4 Å². The number of para-hydroxylation sites is 1. The van der Waals surface area contributed by atoms with Crippen LogP contribution in [-0.2, 0) is 11.3 Å². The number of esters is 1. The maximum Gasteiger partial charge on any atom is 0.338 e. The highest BCUT2D eigenvalue weighted by atomic mass is 16.5. The number of hydrogen-bond donors (Lipinski definition) is 2. The predicted octanol–water partition coefficient (Wildman–Crippen LogP) is 4.33. The van der Waals surface area contributed by atoms with Crippen LogP contribution in [0.3, 0.4) is 0 Å². The molecular formula is C24H26N2O5. The van der Waals surface area contributed by atoms with Crippen molar-refractivity contribution in [3.8, 4) is 5.75 Å². The Morgan fingerprint density at radius 3 is 2.42 bits per heavy atom. The number of pyridine rings is 1. The Bertz CT molecular complexity index is 1150. The monoisotopic (exact) mass is 422 g/mol. The zero-order valence-electron chi connectivity index (χ0n) is 17.7. The van der Waals surface area contributed by atoms with Gasteiger partial charge in [-0.2, -0.15) is 0 Å². The lowest BCUT2D eigenvalue weighted by Gasteiger charge is -2.15. The molecule has 2 aromatic carbocycles. The average molecular weight is 422 g/mol. The van der Waals surface area contributed by atoms with E-state index >= 15 is 0 Å². The molecule has 2 N–H and O–H groups in total. The molecule has 3 aromatic rings. The van der Waals surface area contributed by atoms with Gasteiger partial charge in [0.05, 0.1) is 17.7 Å². The van der Waals surface area contributed by atoms with E-state index in [1.807, 2.05) is 13.8 Å². The first-order valence-corrected chi connectivity index (χ1v) is 10.4. The quantitative estimate of drug-likeness (QED) is 0.527. The Hall–Kier alpha value is -3.61. The number of nitrogens with one attached hydrogen (secondary N) is 1. The molecule has 0 aliphatic carbocycles. The molecule has 7 heteroatoms. The third-order valence-electron chi connectivity index (χ3n) is 4.92. The fourth-order valence-corrected chi connectivity index (χ4v) is 3.29. The number of amides is 1. The Morgan fingerprint density at radius 1 is 1.03 bits per heavy atom. The molecule has 0 radical (unpaired) electrons. The Morgan fingerprint density at radius 2 is 1.74 bits per heavy atom. The van der Waals surface area contributed by atoms with Crippen molar-refractivity contribution in [2.24, 2.45) is 0 Å². The molecule has 0 saturated heterocycles. The second kappa shape index (κ2) is 9.93. The molecule has 1 aromatic heterocycles. The van der Waals surface area contributed by atoms with Crippen LogP contribution in [0.5, 0.6) is 5.75 Å². The molecule has 1 heterocycles. The van der Waals surface area contributed by atoms with Gasteiger partial charge in [0, 0.05) is 17.6 Å². The fourth-order valence-electron chi connectivity index (χ4n) is 3.29. The maximum absolute atomic E-state index is 13.1. The summed E-state index contributed by atoms with van der Waals surface area (Å²) in [5.41, 5.74) is 0.499. The van der Waals surface area contributed by atoms with Crippen LogP contribution in [0.15, 0.2) is 53.3 Å². The van der Waals surface area contributed by atoms with Crippen LogP contribution in [-0.4, -0.2) is 28.2 Å². The van der Waals surface area contributed by atoms with Gasteiger partial charge < -0.3 is 19.7 Å². The van der Waals surface area contributed by atoms with Crippen LogP contribution in [0.4, 0.5) is 5.69 Å². The van der Waals surface area contributed by atoms with Crippen LogP contribution in [0.25, 0.3) is 10.9 Å². The second-order valence-corrected chi connectivity index (χ2v) is 7.22. The highest BCUT2D eigenvalue weighted by Gasteiger charge is 2.22. The summed E-state index contributed by atoms with van der Waals surface area (Å²) < 4.78 is 6.61. The summed E-state index contributed by atoms with van der Waals surface area (Å²) in [5.74, 6) is -1.49. The van der Waals surface area contributed by atoms with E-state index in [0.717, 1.165) is 19.3 Å². The first-order chi connectivity index (χ1) is 15.0. The fraction of sp³-hybridized carbons (Fsp3) is 0.292. The van der Waals surface area contributed by atoms with Gasteiger partial charge in [-0.25, -0.2) is 4.79 Å². The van der Waals surface area contributed by atoms with Crippen LogP contribution < -0.4 is 10.9 Å².